The number of rotatable bonds is 9. The van der Waals surface area contributed by atoms with E-state index in [-0.39, 0.29) is 30.2 Å². The van der Waals surface area contributed by atoms with Crippen molar-refractivity contribution in [2.75, 3.05) is 20.8 Å². The molecule has 0 aliphatic rings. The van der Waals surface area contributed by atoms with Crippen molar-refractivity contribution in [1.82, 2.24) is 23.6 Å². The highest BCUT2D eigenvalue weighted by molar-refractivity contribution is 5.76. The maximum absolute atomic E-state index is 13.5. The monoisotopic (exact) mass is 475 g/mol. The molecule has 2 aromatic heterocycles. The van der Waals surface area contributed by atoms with Crippen molar-refractivity contribution < 1.29 is 9.53 Å². The lowest BCUT2D eigenvalue weighted by atomic mass is 10.1. The molecule has 0 radical (unpaired) electrons. The Morgan fingerprint density at radius 1 is 1.00 bits per heavy atom. The van der Waals surface area contributed by atoms with E-state index in [9.17, 15) is 14.4 Å². The molecular formula is C26H29N5O4. The SMILES string of the molecule is COCCn1cnc2c1c(=O)n(CC(=O)N(C)Cc1ccc(C)cc1)c(=O)n2Cc1ccccc1. The number of likely N-dealkylation sites (N-methyl/N-ethyl adjacent to an activating group) is 1. The van der Waals surface area contributed by atoms with Crippen molar-refractivity contribution in [2.24, 2.45) is 0 Å². The van der Waals surface area contributed by atoms with E-state index in [0.717, 1.165) is 21.3 Å². The van der Waals surface area contributed by atoms with Crippen LogP contribution in [0.15, 0.2) is 70.5 Å². The van der Waals surface area contributed by atoms with E-state index in [2.05, 4.69) is 4.98 Å². The van der Waals surface area contributed by atoms with Gasteiger partial charge in [0.05, 0.1) is 19.5 Å². The molecule has 0 N–H and O–H groups in total. The summed E-state index contributed by atoms with van der Waals surface area (Å²) in [6.07, 6.45) is 1.53. The Morgan fingerprint density at radius 2 is 1.71 bits per heavy atom. The molecule has 9 nitrogen and oxygen atoms in total. The summed E-state index contributed by atoms with van der Waals surface area (Å²) in [5.41, 5.74) is 2.43. The Labute approximate surface area is 202 Å². The number of hydrogen-bond donors (Lipinski definition) is 0. The number of fused-ring (bicyclic) bond motifs is 1. The zero-order chi connectivity index (χ0) is 24.9. The molecule has 0 aliphatic carbocycles. The highest BCUT2D eigenvalue weighted by Crippen LogP contribution is 2.11. The quantitative estimate of drug-likeness (QED) is 0.369. The Bertz CT molecular complexity index is 1440. The first-order valence-electron chi connectivity index (χ1n) is 11.4. The van der Waals surface area contributed by atoms with Gasteiger partial charge in [0, 0.05) is 27.2 Å². The molecule has 0 spiro atoms. The van der Waals surface area contributed by atoms with E-state index >= 15 is 0 Å². The van der Waals surface area contributed by atoms with E-state index in [4.69, 9.17) is 4.74 Å². The molecule has 0 saturated heterocycles. The molecule has 0 aliphatic heterocycles. The van der Waals surface area contributed by atoms with Crippen LogP contribution in [-0.4, -0.2) is 50.3 Å². The number of carbonyl (C=O) groups is 1. The third kappa shape index (κ3) is 5.25. The fourth-order valence-electron chi connectivity index (χ4n) is 3.96. The van der Waals surface area contributed by atoms with E-state index in [0.29, 0.717) is 19.7 Å². The Kier molecular flexibility index (Phi) is 7.26. The lowest BCUT2D eigenvalue weighted by molar-refractivity contribution is -0.131. The first-order chi connectivity index (χ1) is 16.9. The van der Waals surface area contributed by atoms with Gasteiger partial charge in [-0.15, -0.1) is 0 Å². The fourth-order valence-corrected chi connectivity index (χ4v) is 3.96. The van der Waals surface area contributed by atoms with Crippen molar-refractivity contribution >= 4 is 17.1 Å². The number of ether oxygens (including phenoxy) is 1. The summed E-state index contributed by atoms with van der Waals surface area (Å²) in [5.74, 6) is -0.335. The number of aromatic nitrogens is 4. The number of amides is 1. The van der Waals surface area contributed by atoms with Gasteiger partial charge in [-0.3, -0.25) is 14.2 Å². The largest absolute Gasteiger partial charge is 0.383 e. The average molecular weight is 476 g/mol. The van der Waals surface area contributed by atoms with Crippen molar-refractivity contribution in [2.45, 2.75) is 33.1 Å². The van der Waals surface area contributed by atoms with Gasteiger partial charge in [-0.2, -0.15) is 0 Å². The third-order valence-electron chi connectivity index (χ3n) is 5.96. The molecule has 0 unspecified atom stereocenters. The van der Waals surface area contributed by atoms with Gasteiger partial charge >= 0.3 is 5.69 Å². The third-order valence-corrected chi connectivity index (χ3v) is 5.96. The number of imidazole rings is 1. The molecule has 1 amide bonds. The van der Waals surface area contributed by atoms with Gasteiger partial charge in [0.15, 0.2) is 11.2 Å². The van der Waals surface area contributed by atoms with Crippen LogP contribution in [0.1, 0.15) is 16.7 Å². The molecule has 2 heterocycles. The maximum Gasteiger partial charge on any atom is 0.333 e. The van der Waals surface area contributed by atoms with Crippen LogP contribution < -0.4 is 11.2 Å². The number of nitrogens with zero attached hydrogens (tertiary/aromatic N) is 5. The van der Waals surface area contributed by atoms with Crippen LogP contribution in [0.4, 0.5) is 0 Å². The normalized spacial score (nSPS) is 11.2. The molecule has 0 bridgehead atoms. The van der Waals surface area contributed by atoms with E-state index in [1.54, 1.807) is 18.7 Å². The van der Waals surface area contributed by atoms with Crippen LogP contribution in [0.3, 0.4) is 0 Å². The second-order valence-corrected chi connectivity index (χ2v) is 8.58. The van der Waals surface area contributed by atoms with Crippen LogP contribution in [-0.2, 0) is 35.7 Å². The van der Waals surface area contributed by atoms with E-state index < -0.39 is 11.2 Å². The highest BCUT2D eigenvalue weighted by atomic mass is 16.5. The molecule has 9 heteroatoms. The summed E-state index contributed by atoms with van der Waals surface area (Å²) in [4.78, 5) is 45.8. The van der Waals surface area contributed by atoms with Crippen LogP contribution in [0.2, 0.25) is 0 Å². The molecule has 2 aromatic carbocycles. The van der Waals surface area contributed by atoms with E-state index in [1.807, 2.05) is 61.5 Å². The van der Waals surface area contributed by atoms with Crippen molar-refractivity contribution in [3.63, 3.8) is 0 Å². The number of hydrogen-bond acceptors (Lipinski definition) is 5. The second-order valence-electron chi connectivity index (χ2n) is 8.58. The maximum atomic E-state index is 13.5. The molecule has 4 rings (SSSR count). The minimum absolute atomic E-state index is 0.227. The predicted octanol–water partition coefficient (Wildman–Crippen LogP) is 2.02. The van der Waals surface area contributed by atoms with Crippen LogP contribution >= 0.6 is 0 Å². The summed E-state index contributed by atoms with van der Waals surface area (Å²) in [5, 5.41) is 0. The van der Waals surface area contributed by atoms with Crippen molar-refractivity contribution in [1.29, 1.82) is 0 Å². The summed E-state index contributed by atoms with van der Waals surface area (Å²) < 4.78 is 9.27. The van der Waals surface area contributed by atoms with E-state index in [1.165, 1.54) is 15.8 Å². The number of aryl methyl sites for hydroxylation is 1. The Morgan fingerprint density at radius 3 is 2.40 bits per heavy atom. The van der Waals surface area contributed by atoms with Gasteiger partial charge < -0.3 is 14.2 Å². The first-order valence-corrected chi connectivity index (χ1v) is 11.4. The molecule has 35 heavy (non-hydrogen) atoms. The summed E-state index contributed by atoms with van der Waals surface area (Å²) in [6, 6.07) is 17.3. The molecule has 0 fully saturated rings. The lowest BCUT2D eigenvalue weighted by Gasteiger charge is -2.19. The zero-order valence-electron chi connectivity index (χ0n) is 20.2. The summed E-state index contributed by atoms with van der Waals surface area (Å²) in [7, 11) is 3.24. The highest BCUT2D eigenvalue weighted by Gasteiger charge is 2.21. The van der Waals surface area contributed by atoms with Gasteiger partial charge in [0.25, 0.3) is 5.56 Å². The van der Waals surface area contributed by atoms with Crippen LogP contribution in [0.5, 0.6) is 0 Å². The van der Waals surface area contributed by atoms with Gasteiger partial charge in [-0.1, -0.05) is 60.2 Å². The van der Waals surface area contributed by atoms with Gasteiger partial charge in [-0.25, -0.2) is 14.3 Å². The molecule has 4 aromatic rings. The Balaban J connectivity index is 1.72. The first kappa shape index (κ1) is 24.2. The topological polar surface area (TPSA) is 91.4 Å². The van der Waals surface area contributed by atoms with Crippen molar-refractivity contribution in [3.8, 4) is 0 Å². The van der Waals surface area contributed by atoms with Gasteiger partial charge in [0.2, 0.25) is 5.91 Å². The molecule has 182 valence electrons. The fraction of sp³-hybridized carbons (Fsp3) is 0.308. The van der Waals surface area contributed by atoms with Gasteiger partial charge in [-0.05, 0) is 18.1 Å². The molecule has 0 atom stereocenters. The zero-order valence-corrected chi connectivity index (χ0v) is 20.2. The van der Waals surface area contributed by atoms with Crippen LogP contribution in [0.25, 0.3) is 11.2 Å². The van der Waals surface area contributed by atoms with Gasteiger partial charge in [0.1, 0.15) is 6.54 Å². The minimum Gasteiger partial charge on any atom is -0.383 e. The summed E-state index contributed by atoms with van der Waals surface area (Å²) in [6.45, 7) is 3.01. The lowest BCUT2D eigenvalue weighted by Crippen LogP contribution is -2.44. The van der Waals surface area contributed by atoms with Crippen molar-refractivity contribution in [3.05, 3.63) is 98.5 Å². The standard InChI is InChI=1S/C26H29N5O4/c1-19-9-11-21(12-10-19)15-28(2)22(32)17-31-25(33)23-24(27-18-29(23)13-14-35-3)30(26(31)34)16-20-7-5-4-6-8-20/h4-12,18H,13-17H2,1-3H3. The molecular weight excluding hydrogens is 446 g/mol. The number of carbonyl (C=O) groups excluding carboxylic acids is 1. The number of methoxy groups -OCH3 is 1. The minimum atomic E-state index is -0.569. The molecule has 0 saturated carbocycles. The average Bonchev–Trinajstić information content (AvgIpc) is 3.29. The Hall–Kier alpha value is -3.98. The second kappa shape index (κ2) is 10.5. The smallest absolute Gasteiger partial charge is 0.333 e. The number of benzene rings is 2. The summed E-state index contributed by atoms with van der Waals surface area (Å²) >= 11 is 0. The predicted molar refractivity (Wildman–Crippen MR) is 133 cm³/mol. The van der Waals surface area contributed by atoms with Crippen LogP contribution in [0, 0.1) is 6.92 Å².